The van der Waals surface area contributed by atoms with Crippen molar-refractivity contribution in [2.75, 3.05) is 25.6 Å². The lowest BCUT2D eigenvalue weighted by molar-refractivity contribution is -0.155. The number of benzene rings is 2. The molecule has 0 aliphatic carbocycles. The Kier molecular flexibility index (Phi) is 6.12. The summed E-state index contributed by atoms with van der Waals surface area (Å²) < 4.78 is 9.71. The lowest BCUT2D eigenvalue weighted by Crippen LogP contribution is -2.47. The van der Waals surface area contributed by atoms with Gasteiger partial charge in [-0.05, 0) is 37.1 Å². The quantitative estimate of drug-likeness (QED) is 0.456. The first-order valence-electron chi connectivity index (χ1n) is 10.5. The van der Waals surface area contributed by atoms with E-state index in [1.165, 1.54) is 18.1 Å². The number of ether oxygens (including phenoxy) is 2. The summed E-state index contributed by atoms with van der Waals surface area (Å²) in [4.78, 5) is 55.4. The number of hydrogen-bond donors (Lipinski definition) is 2. The van der Waals surface area contributed by atoms with Crippen LogP contribution in [0.25, 0.3) is 10.9 Å². The van der Waals surface area contributed by atoms with Gasteiger partial charge in [0.2, 0.25) is 0 Å². The topological polar surface area (TPSA) is 118 Å². The largest absolute Gasteiger partial charge is 0.465 e. The van der Waals surface area contributed by atoms with E-state index in [4.69, 9.17) is 9.47 Å². The molecule has 0 bridgehead atoms. The molecule has 1 aliphatic rings. The molecular formula is C24H23N3O6. The number of nitrogens with zero attached hydrogens (tertiary/aromatic N) is 1. The van der Waals surface area contributed by atoms with Crippen LogP contribution in [0.5, 0.6) is 0 Å². The number of para-hydroxylation sites is 2. The Balaban J connectivity index is 1.72. The van der Waals surface area contributed by atoms with Crippen LogP contribution in [-0.4, -0.2) is 53.9 Å². The van der Waals surface area contributed by atoms with E-state index in [-0.39, 0.29) is 24.4 Å². The van der Waals surface area contributed by atoms with Crippen LogP contribution in [0.15, 0.2) is 48.5 Å². The van der Waals surface area contributed by atoms with Crippen LogP contribution in [0, 0.1) is 0 Å². The molecule has 1 atom stereocenters. The summed E-state index contributed by atoms with van der Waals surface area (Å²) in [5.41, 5.74) is 2.58. The van der Waals surface area contributed by atoms with Crippen LogP contribution in [-0.2, 0) is 25.5 Å². The van der Waals surface area contributed by atoms with E-state index < -0.39 is 29.8 Å². The number of carbonyl (C=O) groups is 4. The van der Waals surface area contributed by atoms with E-state index >= 15 is 0 Å². The van der Waals surface area contributed by atoms with Gasteiger partial charge in [-0.3, -0.25) is 4.79 Å². The summed E-state index contributed by atoms with van der Waals surface area (Å²) in [5.74, 6) is -2.47. The summed E-state index contributed by atoms with van der Waals surface area (Å²) in [7, 11) is 1.25. The normalized spacial score (nSPS) is 15.0. The fourth-order valence-electron chi connectivity index (χ4n) is 4.11. The van der Waals surface area contributed by atoms with Gasteiger partial charge in [-0.1, -0.05) is 30.3 Å². The van der Waals surface area contributed by atoms with Crippen LogP contribution in [0.2, 0.25) is 0 Å². The minimum atomic E-state index is -1.19. The molecule has 33 heavy (non-hydrogen) atoms. The zero-order chi connectivity index (χ0) is 23.5. The second-order valence-electron chi connectivity index (χ2n) is 7.46. The maximum absolute atomic E-state index is 13.3. The van der Waals surface area contributed by atoms with Crippen molar-refractivity contribution in [1.82, 2.24) is 9.88 Å². The number of anilines is 1. The molecule has 0 fully saturated rings. The van der Waals surface area contributed by atoms with Gasteiger partial charge in [-0.25, -0.2) is 14.4 Å². The van der Waals surface area contributed by atoms with Crippen molar-refractivity contribution < 1.29 is 28.7 Å². The Labute approximate surface area is 189 Å². The number of aromatic amines is 1. The number of ketones is 1. The van der Waals surface area contributed by atoms with E-state index in [0.29, 0.717) is 12.1 Å². The number of nitrogens with one attached hydrogen (secondary N) is 2. The molecule has 0 saturated heterocycles. The molecule has 2 N–H and O–H groups in total. The molecular weight excluding hydrogens is 426 g/mol. The maximum atomic E-state index is 13.3. The predicted molar refractivity (Wildman–Crippen MR) is 120 cm³/mol. The smallest absolute Gasteiger partial charge is 0.377 e. The molecule has 9 nitrogen and oxygen atoms in total. The minimum Gasteiger partial charge on any atom is -0.465 e. The number of urea groups is 1. The Hall–Kier alpha value is -4.14. The highest BCUT2D eigenvalue weighted by atomic mass is 16.5. The molecule has 170 valence electrons. The van der Waals surface area contributed by atoms with Gasteiger partial charge < -0.3 is 24.7 Å². The number of esters is 2. The first-order valence-corrected chi connectivity index (χ1v) is 10.5. The Morgan fingerprint density at radius 3 is 2.58 bits per heavy atom. The highest BCUT2D eigenvalue weighted by Crippen LogP contribution is 2.35. The Morgan fingerprint density at radius 1 is 1.09 bits per heavy atom. The van der Waals surface area contributed by atoms with E-state index in [1.54, 1.807) is 25.1 Å². The minimum absolute atomic E-state index is 0.0373. The molecule has 2 heterocycles. The standard InChI is InChI=1S/C24H23N3O6/c1-3-33-23(30)21(28)20-19-15(14-8-4-6-10-17(14)25-19)12-13-27(20)24(31)26-18-11-7-5-9-16(18)22(29)32-2/h4-11,20,25H,3,12-13H2,1-2H3,(H,26,31)/t20-/m0/s1. The van der Waals surface area contributed by atoms with Gasteiger partial charge in [-0.2, -0.15) is 0 Å². The Morgan fingerprint density at radius 2 is 1.82 bits per heavy atom. The van der Waals surface area contributed by atoms with Gasteiger partial charge in [0.25, 0.3) is 5.78 Å². The fourth-order valence-corrected chi connectivity index (χ4v) is 4.11. The van der Waals surface area contributed by atoms with Gasteiger partial charge in [0.1, 0.15) is 6.04 Å². The zero-order valence-electron chi connectivity index (χ0n) is 18.2. The lowest BCUT2D eigenvalue weighted by atomic mass is 9.95. The number of aromatic nitrogens is 1. The first kappa shape index (κ1) is 22.1. The summed E-state index contributed by atoms with van der Waals surface area (Å²) in [6.07, 6.45) is 0.484. The number of Topliss-reactive ketones (excluding diaryl/α,β-unsaturated/α-hetero) is 1. The van der Waals surface area contributed by atoms with Crippen LogP contribution >= 0.6 is 0 Å². The van der Waals surface area contributed by atoms with Gasteiger partial charge in [-0.15, -0.1) is 0 Å². The lowest BCUT2D eigenvalue weighted by Gasteiger charge is -2.34. The van der Waals surface area contributed by atoms with Gasteiger partial charge in [0.15, 0.2) is 0 Å². The third-order valence-electron chi connectivity index (χ3n) is 5.59. The van der Waals surface area contributed by atoms with Crippen LogP contribution in [0.1, 0.15) is 34.6 Å². The molecule has 2 amide bonds. The van der Waals surface area contributed by atoms with Crippen molar-refractivity contribution in [1.29, 1.82) is 0 Å². The number of H-pyrrole nitrogens is 1. The number of methoxy groups -OCH3 is 1. The van der Waals surface area contributed by atoms with E-state index in [1.807, 2.05) is 24.3 Å². The maximum Gasteiger partial charge on any atom is 0.377 e. The van der Waals surface area contributed by atoms with Crippen molar-refractivity contribution in [3.05, 3.63) is 65.4 Å². The highest BCUT2D eigenvalue weighted by Gasteiger charge is 2.41. The second-order valence-corrected chi connectivity index (χ2v) is 7.46. The zero-order valence-corrected chi connectivity index (χ0v) is 18.2. The van der Waals surface area contributed by atoms with E-state index in [0.717, 1.165) is 16.5 Å². The molecule has 4 rings (SSSR count). The molecule has 9 heteroatoms. The Bertz CT molecular complexity index is 1250. The SMILES string of the molecule is CCOC(=O)C(=O)[C@@H]1c2[nH]c3ccccc3c2CCN1C(=O)Nc1ccccc1C(=O)OC. The molecule has 0 saturated carbocycles. The number of carbonyl (C=O) groups excluding carboxylic acids is 4. The van der Waals surface area contributed by atoms with Gasteiger partial charge in [0.05, 0.1) is 30.7 Å². The number of rotatable bonds is 5. The number of hydrogen-bond acceptors (Lipinski definition) is 6. The van der Waals surface area contributed by atoms with E-state index in [2.05, 4.69) is 10.3 Å². The van der Waals surface area contributed by atoms with Crippen LogP contribution in [0.3, 0.4) is 0 Å². The molecule has 1 aromatic heterocycles. The number of fused-ring (bicyclic) bond motifs is 3. The van der Waals surface area contributed by atoms with Crippen LogP contribution in [0.4, 0.5) is 10.5 Å². The molecule has 2 aromatic carbocycles. The molecule has 0 spiro atoms. The average molecular weight is 449 g/mol. The summed E-state index contributed by atoms with van der Waals surface area (Å²) in [5, 5.41) is 3.62. The third-order valence-corrected chi connectivity index (χ3v) is 5.59. The number of amides is 2. The van der Waals surface area contributed by atoms with Crippen molar-refractivity contribution in [2.45, 2.75) is 19.4 Å². The van der Waals surface area contributed by atoms with Gasteiger partial charge in [0, 0.05) is 17.4 Å². The molecule has 0 radical (unpaired) electrons. The van der Waals surface area contributed by atoms with E-state index in [9.17, 15) is 19.2 Å². The molecule has 0 unspecified atom stereocenters. The first-order chi connectivity index (χ1) is 16.0. The van der Waals surface area contributed by atoms with Crippen molar-refractivity contribution in [2.24, 2.45) is 0 Å². The van der Waals surface area contributed by atoms with Gasteiger partial charge >= 0.3 is 18.0 Å². The summed E-state index contributed by atoms with van der Waals surface area (Å²) >= 11 is 0. The average Bonchev–Trinajstić information content (AvgIpc) is 3.21. The highest BCUT2D eigenvalue weighted by molar-refractivity contribution is 6.36. The second kappa shape index (κ2) is 9.15. The summed E-state index contributed by atoms with van der Waals surface area (Å²) in [6.45, 7) is 1.83. The predicted octanol–water partition coefficient (Wildman–Crippen LogP) is 3.22. The fraction of sp³-hybridized carbons (Fsp3) is 0.250. The van der Waals surface area contributed by atoms with Crippen LogP contribution < -0.4 is 5.32 Å². The third kappa shape index (κ3) is 4.05. The molecule has 1 aliphatic heterocycles. The van der Waals surface area contributed by atoms with Crippen molar-refractivity contribution in [3.63, 3.8) is 0 Å². The van der Waals surface area contributed by atoms with Crippen molar-refractivity contribution in [3.8, 4) is 0 Å². The summed E-state index contributed by atoms with van der Waals surface area (Å²) in [6, 6.07) is 12.1. The van der Waals surface area contributed by atoms with Crippen molar-refractivity contribution >= 4 is 40.3 Å². The monoisotopic (exact) mass is 449 g/mol. The molecule has 3 aromatic rings.